The van der Waals surface area contributed by atoms with Crippen LogP contribution in [0.2, 0.25) is 0 Å². The second-order valence-electron chi connectivity index (χ2n) is 5.59. The lowest BCUT2D eigenvalue weighted by molar-refractivity contribution is -0.133. The Balaban J connectivity index is 2.58. The molecule has 1 aliphatic heterocycles. The van der Waals surface area contributed by atoms with E-state index in [9.17, 15) is 4.79 Å². The smallest absolute Gasteiger partial charge is 0.239 e. The van der Waals surface area contributed by atoms with E-state index in [0.717, 1.165) is 31.7 Å². The Morgan fingerprint density at radius 3 is 2.71 bits per heavy atom. The van der Waals surface area contributed by atoms with Crippen molar-refractivity contribution >= 4 is 17.7 Å². The molecule has 100 valence electrons. The molecule has 0 aromatic carbocycles. The van der Waals surface area contributed by atoms with Gasteiger partial charge in [0.15, 0.2) is 0 Å². The van der Waals surface area contributed by atoms with Gasteiger partial charge >= 0.3 is 0 Å². The average molecular weight is 258 g/mol. The Kier molecular flexibility index (Phi) is 5.32. The number of amides is 1. The van der Waals surface area contributed by atoms with Crippen molar-refractivity contribution in [2.45, 2.75) is 51.3 Å². The van der Waals surface area contributed by atoms with Crippen LogP contribution in [-0.2, 0) is 4.79 Å². The van der Waals surface area contributed by atoms with Gasteiger partial charge in [-0.25, -0.2) is 0 Å². The number of nitrogens with two attached hydrogens (primary N) is 1. The molecule has 0 saturated carbocycles. The summed E-state index contributed by atoms with van der Waals surface area (Å²) in [5.74, 6) is 1.43. The minimum absolute atomic E-state index is 0.137. The van der Waals surface area contributed by atoms with E-state index in [1.54, 1.807) is 0 Å². The maximum absolute atomic E-state index is 12.3. The molecule has 2 atom stereocenters. The highest BCUT2D eigenvalue weighted by Crippen LogP contribution is 2.30. The Morgan fingerprint density at radius 1 is 1.47 bits per heavy atom. The molecule has 1 saturated heterocycles. The van der Waals surface area contributed by atoms with Gasteiger partial charge in [-0.2, -0.15) is 11.8 Å². The lowest BCUT2D eigenvalue weighted by Gasteiger charge is -2.27. The van der Waals surface area contributed by atoms with Crippen molar-refractivity contribution in [3.8, 4) is 0 Å². The van der Waals surface area contributed by atoms with E-state index in [2.05, 4.69) is 27.7 Å². The number of nitrogens with zero attached hydrogens (tertiary/aromatic N) is 1. The summed E-state index contributed by atoms with van der Waals surface area (Å²) >= 11 is 1.95. The quantitative estimate of drug-likeness (QED) is 0.843. The molecule has 1 unspecified atom stereocenters. The van der Waals surface area contributed by atoms with Crippen LogP contribution in [0, 0.1) is 5.92 Å². The second-order valence-corrected chi connectivity index (χ2v) is 7.40. The monoisotopic (exact) mass is 258 g/mol. The number of hydrogen-bond acceptors (Lipinski definition) is 3. The van der Waals surface area contributed by atoms with Crippen molar-refractivity contribution in [2.75, 3.05) is 18.8 Å². The standard InChI is InChI=1S/C13H26N2OS/c1-5-10(2)11(14)12(16)15-7-6-13(3,4)17-9-8-15/h10-11H,5-9,14H2,1-4H3/t10?,11-/m0/s1. The molecule has 1 aliphatic rings. The fourth-order valence-corrected chi connectivity index (χ4v) is 3.05. The molecular weight excluding hydrogens is 232 g/mol. The fraction of sp³-hybridized carbons (Fsp3) is 0.923. The van der Waals surface area contributed by atoms with E-state index in [1.165, 1.54) is 0 Å². The molecule has 1 amide bonds. The highest BCUT2D eigenvalue weighted by atomic mass is 32.2. The molecule has 1 rings (SSSR count). The van der Waals surface area contributed by atoms with Crippen LogP contribution in [0.25, 0.3) is 0 Å². The van der Waals surface area contributed by atoms with Gasteiger partial charge in [-0.05, 0) is 12.3 Å². The van der Waals surface area contributed by atoms with E-state index in [1.807, 2.05) is 16.7 Å². The lowest BCUT2D eigenvalue weighted by Crippen LogP contribution is -2.47. The van der Waals surface area contributed by atoms with E-state index in [0.29, 0.717) is 0 Å². The summed E-state index contributed by atoms with van der Waals surface area (Å²) in [6.07, 6.45) is 2.01. The topological polar surface area (TPSA) is 46.3 Å². The number of carbonyl (C=O) groups is 1. The lowest BCUT2D eigenvalue weighted by atomic mass is 9.98. The molecule has 1 fully saturated rings. The van der Waals surface area contributed by atoms with Gasteiger partial charge in [0.25, 0.3) is 0 Å². The van der Waals surface area contributed by atoms with E-state index >= 15 is 0 Å². The van der Waals surface area contributed by atoms with Gasteiger partial charge < -0.3 is 10.6 Å². The summed E-state index contributed by atoms with van der Waals surface area (Å²) in [5, 5.41) is 0. The Labute approximate surface area is 109 Å². The van der Waals surface area contributed by atoms with Gasteiger partial charge in [-0.1, -0.05) is 34.1 Å². The zero-order valence-corrected chi connectivity index (χ0v) is 12.3. The van der Waals surface area contributed by atoms with Crippen LogP contribution < -0.4 is 5.73 Å². The fourth-order valence-electron chi connectivity index (χ4n) is 1.95. The SMILES string of the molecule is CCC(C)[C@H](N)C(=O)N1CCSC(C)(C)CC1. The van der Waals surface area contributed by atoms with Gasteiger partial charge in [0.2, 0.25) is 5.91 Å². The molecule has 2 N–H and O–H groups in total. The van der Waals surface area contributed by atoms with Gasteiger partial charge in [-0.15, -0.1) is 0 Å². The van der Waals surface area contributed by atoms with Crippen LogP contribution in [0.4, 0.5) is 0 Å². The summed E-state index contributed by atoms with van der Waals surface area (Å²) in [6, 6.07) is -0.328. The highest BCUT2D eigenvalue weighted by Gasteiger charge is 2.29. The van der Waals surface area contributed by atoms with Crippen molar-refractivity contribution in [2.24, 2.45) is 11.7 Å². The molecule has 0 radical (unpaired) electrons. The molecular formula is C13H26N2OS. The maximum Gasteiger partial charge on any atom is 0.239 e. The van der Waals surface area contributed by atoms with Crippen molar-refractivity contribution in [1.29, 1.82) is 0 Å². The average Bonchev–Trinajstić information content (AvgIpc) is 2.47. The molecule has 0 aromatic rings. The van der Waals surface area contributed by atoms with E-state index < -0.39 is 0 Å². The van der Waals surface area contributed by atoms with Gasteiger partial charge in [-0.3, -0.25) is 4.79 Å². The first-order chi connectivity index (χ1) is 7.87. The summed E-state index contributed by atoms with van der Waals surface area (Å²) in [4.78, 5) is 14.2. The van der Waals surface area contributed by atoms with Crippen LogP contribution in [0.15, 0.2) is 0 Å². The van der Waals surface area contributed by atoms with Crippen molar-refractivity contribution in [1.82, 2.24) is 4.90 Å². The van der Waals surface area contributed by atoms with Gasteiger partial charge in [0.1, 0.15) is 0 Å². The number of rotatable bonds is 3. The molecule has 0 aliphatic carbocycles. The second kappa shape index (κ2) is 6.10. The van der Waals surface area contributed by atoms with E-state index in [-0.39, 0.29) is 22.6 Å². The third-order valence-electron chi connectivity index (χ3n) is 3.69. The third kappa shape index (κ3) is 4.18. The molecule has 1 heterocycles. The Morgan fingerprint density at radius 2 is 2.12 bits per heavy atom. The minimum Gasteiger partial charge on any atom is -0.340 e. The molecule has 3 nitrogen and oxygen atoms in total. The van der Waals surface area contributed by atoms with Crippen LogP contribution in [-0.4, -0.2) is 40.4 Å². The number of hydrogen-bond donors (Lipinski definition) is 1. The van der Waals surface area contributed by atoms with Gasteiger partial charge in [0.05, 0.1) is 6.04 Å². The molecule has 0 spiro atoms. The third-order valence-corrected chi connectivity index (χ3v) is 5.06. The predicted octanol–water partition coefficient (Wildman–Crippen LogP) is 2.10. The zero-order valence-electron chi connectivity index (χ0n) is 11.5. The maximum atomic E-state index is 12.3. The van der Waals surface area contributed by atoms with Gasteiger partial charge in [0, 0.05) is 23.6 Å². The summed E-state index contributed by atoms with van der Waals surface area (Å²) < 4.78 is 0.287. The first-order valence-electron chi connectivity index (χ1n) is 6.55. The number of thioether (sulfide) groups is 1. The van der Waals surface area contributed by atoms with Crippen LogP contribution >= 0.6 is 11.8 Å². The predicted molar refractivity (Wildman–Crippen MR) is 75.2 cm³/mol. The molecule has 17 heavy (non-hydrogen) atoms. The van der Waals surface area contributed by atoms with E-state index in [4.69, 9.17) is 5.73 Å². The summed E-state index contributed by atoms with van der Waals surface area (Å²) in [7, 11) is 0. The molecule has 0 bridgehead atoms. The van der Waals surface area contributed by atoms with Crippen molar-refractivity contribution in [3.63, 3.8) is 0 Å². The molecule has 0 aromatic heterocycles. The Hall–Kier alpha value is -0.220. The molecule has 4 heteroatoms. The Bertz CT molecular complexity index is 268. The normalized spacial score (nSPS) is 23.9. The highest BCUT2D eigenvalue weighted by molar-refractivity contribution is 8.00. The van der Waals surface area contributed by atoms with Crippen LogP contribution in [0.5, 0.6) is 0 Å². The largest absolute Gasteiger partial charge is 0.340 e. The number of carbonyl (C=O) groups excluding carboxylic acids is 1. The van der Waals surface area contributed by atoms with Crippen LogP contribution in [0.3, 0.4) is 0 Å². The van der Waals surface area contributed by atoms with Crippen molar-refractivity contribution < 1.29 is 4.79 Å². The zero-order chi connectivity index (χ0) is 13.1. The van der Waals surface area contributed by atoms with Crippen LogP contribution in [0.1, 0.15) is 40.5 Å². The first kappa shape index (κ1) is 14.8. The summed E-state index contributed by atoms with van der Waals surface area (Å²) in [5.41, 5.74) is 6.02. The van der Waals surface area contributed by atoms with Crippen molar-refractivity contribution in [3.05, 3.63) is 0 Å². The first-order valence-corrected chi connectivity index (χ1v) is 7.54. The minimum atomic E-state index is -0.328. The summed E-state index contributed by atoms with van der Waals surface area (Å²) in [6.45, 7) is 10.3.